The standard InChI is InChI=1S/C18H14N4O3/c19-18(23)22(10-14-9-20-11-24-14)13-6-7-15-16(8-13)25-17(21-15)12-4-2-1-3-5-12/h1-9,11H,10H2,(H2,19,23). The van der Waals surface area contributed by atoms with E-state index in [1.54, 1.807) is 18.2 Å². The van der Waals surface area contributed by atoms with E-state index < -0.39 is 6.03 Å². The van der Waals surface area contributed by atoms with E-state index in [1.165, 1.54) is 17.5 Å². The zero-order chi connectivity index (χ0) is 17.2. The summed E-state index contributed by atoms with van der Waals surface area (Å²) in [5, 5.41) is 0. The number of hydrogen-bond acceptors (Lipinski definition) is 5. The van der Waals surface area contributed by atoms with Crippen LogP contribution in [0.15, 0.2) is 70.0 Å². The predicted molar refractivity (Wildman–Crippen MR) is 91.7 cm³/mol. The summed E-state index contributed by atoms with van der Waals surface area (Å²) < 4.78 is 11.0. The van der Waals surface area contributed by atoms with Crippen LogP contribution in [0.1, 0.15) is 5.76 Å². The van der Waals surface area contributed by atoms with Gasteiger partial charge in [-0.3, -0.25) is 4.90 Å². The molecule has 7 heteroatoms. The van der Waals surface area contributed by atoms with Gasteiger partial charge in [0.25, 0.3) is 0 Å². The Morgan fingerprint density at radius 2 is 2.00 bits per heavy atom. The smallest absolute Gasteiger partial charge is 0.319 e. The van der Waals surface area contributed by atoms with Gasteiger partial charge in [-0.15, -0.1) is 0 Å². The molecule has 2 heterocycles. The molecule has 7 nitrogen and oxygen atoms in total. The fourth-order valence-corrected chi connectivity index (χ4v) is 2.56. The fraction of sp³-hybridized carbons (Fsp3) is 0.0556. The van der Waals surface area contributed by atoms with E-state index in [0.29, 0.717) is 28.4 Å². The normalized spacial score (nSPS) is 10.9. The summed E-state index contributed by atoms with van der Waals surface area (Å²) in [7, 11) is 0. The molecule has 0 radical (unpaired) electrons. The molecule has 2 aromatic heterocycles. The highest BCUT2D eigenvalue weighted by atomic mass is 16.3. The lowest BCUT2D eigenvalue weighted by atomic mass is 10.2. The van der Waals surface area contributed by atoms with Crippen LogP contribution in [0.3, 0.4) is 0 Å². The minimum absolute atomic E-state index is 0.181. The summed E-state index contributed by atoms with van der Waals surface area (Å²) in [6.45, 7) is 0.181. The van der Waals surface area contributed by atoms with Crippen molar-refractivity contribution in [3.63, 3.8) is 0 Å². The third-order valence-corrected chi connectivity index (χ3v) is 3.77. The molecule has 0 saturated carbocycles. The molecule has 0 aliphatic rings. The SMILES string of the molecule is NC(=O)N(Cc1cnco1)c1ccc2nc(-c3ccccc3)oc2c1. The molecule has 4 aromatic rings. The maximum atomic E-state index is 11.8. The molecular weight excluding hydrogens is 320 g/mol. The van der Waals surface area contributed by atoms with Crippen molar-refractivity contribution in [2.24, 2.45) is 5.73 Å². The van der Waals surface area contributed by atoms with Gasteiger partial charge in [-0.1, -0.05) is 18.2 Å². The van der Waals surface area contributed by atoms with Crippen LogP contribution in [0, 0.1) is 0 Å². The Kier molecular flexibility index (Phi) is 3.66. The largest absolute Gasteiger partial charge is 0.447 e. The summed E-state index contributed by atoms with van der Waals surface area (Å²) in [4.78, 5) is 21.5. The first kappa shape index (κ1) is 14.9. The Morgan fingerprint density at radius 1 is 1.16 bits per heavy atom. The lowest BCUT2D eigenvalue weighted by Gasteiger charge is -2.18. The molecule has 0 saturated heterocycles. The van der Waals surface area contributed by atoms with E-state index in [1.807, 2.05) is 30.3 Å². The Balaban J connectivity index is 1.71. The number of aromatic nitrogens is 2. The highest BCUT2D eigenvalue weighted by molar-refractivity contribution is 5.93. The maximum Gasteiger partial charge on any atom is 0.319 e. The number of carbonyl (C=O) groups excluding carboxylic acids is 1. The number of urea groups is 1. The van der Waals surface area contributed by atoms with Crippen LogP contribution in [0.2, 0.25) is 0 Å². The molecule has 0 aliphatic heterocycles. The van der Waals surface area contributed by atoms with Gasteiger partial charge in [0, 0.05) is 17.3 Å². The number of oxazole rings is 2. The first-order valence-corrected chi connectivity index (χ1v) is 7.61. The Labute approximate surface area is 142 Å². The van der Waals surface area contributed by atoms with Gasteiger partial charge in [0.2, 0.25) is 5.89 Å². The second-order valence-corrected chi connectivity index (χ2v) is 5.43. The van der Waals surface area contributed by atoms with Gasteiger partial charge in [-0.2, -0.15) is 0 Å². The third kappa shape index (κ3) is 2.94. The quantitative estimate of drug-likeness (QED) is 0.615. The van der Waals surface area contributed by atoms with Gasteiger partial charge in [0.15, 0.2) is 12.0 Å². The number of nitrogens with zero attached hydrogens (tertiary/aromatic N) is 3. The molecule has 124 valence electrons. The van der Waals surface area contributed by atoms with Crippen molar-refractivity contribution in [3.8, 4) is 11.5 Å². The predicted octanol–water partition coefficient (Wildman–Crippen LogP) is 3.57. The van der Waals surface area contributed by atoms with Crippen LogP contribution >= 0.6 is 0 Å². The average Bonchev–Trinajstić information content (AvgIpc) is 3.29. The second-order valence-electron chi connectivity index (χ2n) is 5.43. The minimum Gasteiger partial charge on any atom is -0.447 e. The van der Waals surface area contributed by atoms with E-state index >= 15 is 0 Å². The Hall–Kier alpha value is -3.61. The Morgan fingerprint density at radius 3 is 2.72 bits per heavy atom. The van der Waals surface area contributed by atoms with Crippen molar-refractivity contribution in [2.45, 2.75) is 6.54 Å². The average molecular weight is 334 g/mol. The van der Waals surface area contributed by atoms with Crippen LogP contribution < -0.4 is 10.6 Å². The zero-order valence-electron chi connectivity index (χ0n) is 13.1. The van der Waals surface area contributed by atoms with Gasteiger partial charge >= 0.3 is 6.03 Å². The summed E-state index contributed by atoms with van der Waals surface area (Å²) in [6, 6.07) is 14.3. The van der Waals surface area contributed by atoms with Crippen molar-refractivity contribution in [1.82, 2.24) is 9.97 Å². The number of primary amides is 1. The monoisotopic (exact) mass is 334 g/mol. The van der Waals surface area contributed by atoms with Crippen molar-refractivity contribution in [1.29, 1.82) is 0 Å². The number of benzene rings is 2. The van der Waals surface area contributed by atoms with Gasteiger partial charge in [-0.05, 0) is 24.3 Å². The minimum atomic E-state index is -0.599. The van der Waals surface area contributed by atoms with Crippen molar-refractivity contribution in [2.75, 3.05) is 4.90 Å². The molecule has 2 N–H and O–H groups in total. The molecule has 0 unspecified atom stereocenters. The van der Waals surface area contributed by atoms with Gasteiger partial charge in [0.1, 0.15) is 11.3 Å². The molecule has 4 rings (SSSR count). The maximum absolute atomic E-state index is 11.8. The number of rotatable bonds is 4. The van der Waals surface area contributed by atoms with Crippen molar-refractivity contribution >= 4 is 22.8 Å². The molecule has 0 spiro atoms. The van der Waals surface area contributed by atoms with E-state index in [-0.39, 0.29) is 6.54 Å². The van der Waals surface area contributed by atoms with E-state index in [4.69, 9.17) is 14.6 Å². The second kappa shape index (κ2) is 6.12. The van der Waals surface area contributed by atoms with Crippen LogP contribution in [0.25, 0.3) is 22.6 Å². The summed E-state index contributed by atoms with van der Waals surface area (Å²) in [6.07, 6.45) is 2.84. The first-order valence-electron chi connectivity index (χ1n) is 7.61. The van der Waals surface area contributed by atoms with Crippen LogP contribution in [0.5, 0.6) is 0 Å². The van der Waals surface area contributed by atoms with Crippen LogP contribution in [-0.4, -0.2) is 16.0 Å². The lowest BCUT2D eigenvalue weighted by Crippen LogP contribution is -2.35. The molecule has 2 amide bonds. The van der Waals surface area contributed by atoms with Gasteiger partial charge in [0.05, 0.1) is 12.7 Å². The topological polar surface area (TPSA) is 98.4 Å². The number of amides is 2. The third-order valence-electron chi connectivity index (χ3n) is 3.77. The Bertz CT molecular complexity index is 1010. The van der Waals surface area contributed by atoms with Crippen LogP contribution in [0.4, 0.5) is 10.5 Å². The molecule has 25 heavy (non-hydrogen) atoms. The molecule has 2 aromatic carbocycles. The van der Waals surface area contributed by atoms with E-state index in [0.717, 1.165) is 5.56 Å². The zero-order valence-corrected chi connectivity index (χ0v) is 13.1. The first-order chi connectivity index (χ1) is 12.2. The number of anilines is 1. The molecule has 0 atom stereocenters. The molecule has 0 bridgehead atoms. The van der Waals surface area contributed by atoms with Gasteiger partial charge in [-0.25, -0.2) is 14.8 Å². The number of hydrogen-bond donors (Lipinski definition) is 1. The van der Waals surface area contributed by atoms with E-state index in [2.05, 4.69) is 9.97 Å². The number of fused-ring (bicyclic) bond motifs is 1. The van der Waals surface area contributed by atoms with E-state index in [9.17, 15) is 4.79 Å². The highest BCUT2D eigenvalue weighted by Gasteiger charge is 2.17. The lowest BCUT2D eigenvalue weighted by molar-refractivity contribution is 0.253. The van der Waals surface area contributed by atoms with Crippen LogP contribution in [-0.2, 0) is 6.54 Å². The number of carbonyl (C=O) groups is 1. The number of nitrogens with two attached hydrogens (primary N) is 1. The summed E-state index contributed by atoms with van der Waals surface area (Å²) in [5.74, 6) is 1.05. The highest BCUT2D eigenvalue weighted by Crippen LogP contribution is 2.28. The summed E-state index contributed by atoms with van der Waals surface area (Å²) >= 11 is 0. The fourth-order valence-electron chi connectivity index (χ4n) is 2.56. The van der Waals surface area contributed by atoms with Crippen molar-refractivity contribution in [3.05, 3.63) is 66.9 Å². The molecule has 0 aliphatic carbocycles. The molecule has 0 fully saturated rings. The van der Waals surface area contributed by atoms with Crippen molar-refractivity contribution < 1.29 is 13.6 Å². The molecular formula is C18H14N4O3. The van der Waals surface area contributed by atoms with Gasteiger partial charge < -0.3 is 14.6 Å². The summed E-state index contributed by atoms with van der Waals surface area (Å²) in [5.41, 5.74) is 8.25.